The molecule has 3 heterocycles. The van der Waals surface area contributed by atoms with Crippen LogP contribution in [0.25, 0.3) is 16.9 Å². The average Bonchev–Trinajstić information content (AvgIpc) is 3.19. The third-order valence-corrected chi connectivity index (χ3v) is 5.07. The molecule has 0 aliphatic rings. The number of fused-ring (bicyclic) bond motifs is 1. The molecule has 0 radical (unpaired) electrons. The summed E-state index contributed by atoms with van der Waals surface area (Å²) in [5, 5.41) is 6.04. The SMILES string of the molecule is Cc1nn(-c2ccccc2)c(Cl)c1CSc1ncnc2nc[nH]c12. The van der Waals surface area contributed by atoms with Gasteiger partial charge in [-0.05, 0) is 19.1 Å². The number of imidazole rings is 1. The molecule has 0 atom stereocenters. The molecule has 0 bridgehead atoms. The number of halogens is 1. The van der Waals surface area contributed by atoms with E-state index in [0.29, 0.717) is 16.6 Å². The lowest BCUT2D eigenvalue weighted by Crippen LogP contribution is -1.96. The van der Waals surface area contributed by atoms with Crippen molar-refractivity contribution in [2.45, 2.75) is 17.7 Å². The van der Waals surface area contributed by atoms with E-state index in [0.717, 1.165) is 27.5 Å². The lowest BCUT2D eigenvalue weighted by atomic mass is 10.3. The molecular formula is C16H13ClN6S. The molecular weight excluding hydrogens is 344 g/mol. The van der Waals surface area contributed by atoms with Crippen LogP contribution in [0.1, 0.15) is 11.3 Å². The largest absolute Gasteiger partial charge is 0.341 e. The third kappa shape index (κ3) is 2.65. The molecule has 0 unspecified atom stereocenters. The van der Waals surface area contributed by atoms with E-state index in [9.17, 15) is 0 Å². The molecule has 24 heavy (non-hydrogen) atoms. The summed E-state index contributed by atoms with van der Waals surface area (Å²) in [5.74, 6) is 0.669. The molecule has 0 spiro atoms. The highest BCUT2D eigenvalue weighted by molar-refractivity contribution is 7.98. The van der Waals surface area contributed by atoms with Gasteiger partial charge in [-0.1, -0.05) is 41.6 Å². The highest BCUT2D eigenvalue weighted by atomic mass is 35.5. The van der Waals surface area contributed by atoms with E-state index in [2.05, 4.69) is 25.0 Å². The smallest absolute Gasteiger partial charge is 0.181 e. The van der Waals surface area contributed by atoms with Crippen LogP contribution in [-0.4, -0.2) is 29.7 Å². The molecule has 120 valence electrons. The molecule has 0 saturated carbocycles. The number of aromatic nitrogens is 6. The summed E-state index contributed by atoms with van der Waals surface area (Å²) in [6.45, 7) is 1.97. The van der Waals surface area contributed by atoms with Crippen molar-refractivity contribution in [3.63, 3.8) is 0 Å². The van der Waals surface area contributed by atoms with Crippen molar-refractivity contribution in [1.82, 2.24) is 29.7 Å². The fraction of sp³-hybridized carbons (Fsp3) is 0.125. The summed E-state index contributed by atoms with van der Waals surface area (Å²) in [4.78, 5) is 15.7. The van der Waals surface area contributed by atoms with E-state index in [1.54, 1.807) is 22.8 Å². The van der Waals surface area contributed by atoms with E-state index >= 15 is 0 Å². The van der Waals surface area contributed by atoms with Crippen molar-refractivity contribution in [1.29, 1.82) is 0 Å². The molecule has 0 amide bonds. The second kappa shape index (κ2) is 6.26. The monoisotopic (exact) mass is 356 g/mol. The summed E-state index contributed by atoms with van der Waals surface area (Å²) in [6.07, 6.45) is 3.14. The predicted molar refractivity (Wildman–Crippen MR) is 94.6 cm³/mol. The Morgan fingerprint density at radius 2 is 2.00 bits per heavy atom. The van der Waals surface area contributed by atoms with Crippen LogP contribution in [0.4, 0.5) is 0 Å². The van der Waals surface area contributed by atoms with Crippen LogP contribution in [-0.2, 0) is 5.75 Å². The summed E-state index contributed by atoms with van der Waals surface area (Å²) >= 11 is 8.15. The maximum absolute atomic E-state index is 6.56. The van der Waals surface area contributed by atoms with Crippen molar-refractivity contribution in [3.8, 4) is 5.69 Å². The highest BCUT2D eigenvalue weighted by Gasteiger charge is 2.16. The Bertz CT molecular complexity index is 994. The van der Waals surface area contributed by atoms with Crippen LogP contribution in [0, 0.1) is 6.92 Å². The van der Waals surface area contributed by atoms with E-state index in [1.165, 1.54) is 6.33 Å². The van der Waals surface area contributed by atoms with E-state index in [4.69, 9.17) is 11.6 Å². The van der Waals surface area contributed by atoms with Crippen LogP contribution in [0.3, 0.4) is 0 Å². The van der Waals surface area contributed by atoms with Gasteiger partial charge in [0.15, 0.2) is 5.65 Å². The first-order valence-electron chi connectivity index (χ1n) is 7.30. The lowest BCUT2D eigenvalue weighted by molar-refractivity contribution is 0.863. The molecule has 3 aromatic heterocycles. The molecule has 0 aliphatic carbocycles. The molecule has 4 rings (SSSR count). The van der Waals surface area contributed by atoms with E-state index in [-0.39, 0.29) is 0 Å². The first kappa shape index (κ1) is 15.2. The lowest BCUT2D eigenvalue weighted by Gasteiger charge is -2.04. The van der Waals surface area contributed by atoms with Gasteiger partial charge in [-0.15, -0.1) is 0 Å². The number of thioether (sulfide) groups is 1. The Labute approximate surface area is 147 Å². The molecule has 1 aromatic carbocycles. The first-order chi connectivity index (χ1) is 11.7. The molecule has 0 saturated heterocycles. The van der Waals surface area contributed by atoms with Crippen LogP contribution >= 0.6 is 23.4 Å². The van der Waals surface area contributed by atoms with E-state index < -0.39 is 0 Å². The molecule has 0 fully saturated rings. The third-order valence-electron chi connectivity index (χ3n) is 3.66. The number of hydrogen-bond donors (Lipinski definition) is 1. The maximum Gasteiger partial charge on any atom is 0.181 e. The van der Waals surface area contributed by atoms with Crippen molar-refractivity contribution < 1.29 is 0 Å². The summed E-state index contributed by atoms with van der Waals surface area (Å²) in [5.41, 5.74) is 4.35. The summed E-state index contributed by atoms with van der Waals surface area (Å²) in [7, 11) is 0. The Hall–Kier alpha value is -2.38. The quantitative estimate of drug-likeness (QED) is 0.445. The van der Waals surface area contributed by atoms with Crippen LogP contribution in [0.2, 0.25) is 5.15 Å². The van der Waals surface area contributed by atoms with Gasteiger partial charge in [0.2, 0.25) is 0 Å². The van der Waals surface area contributed by atoms with Crippen molar-refractivity contribution in [2.75, 3.05) is 0 Å². The number of hydrogen-bond acceptors (Lipinski definition) is 5. The topological polar surface area (TPSA) is 72.3 Å². The fourth-order valence-electron chi connectivity index (χ4n) is 2.43. The van der Waals surface area contributed by atoms with Gasteiger partial charge in [0, 0.05) is 11.3 Å². The Balaban J connectivity index is 1.64. The zero-order chi connectivity index (χ0) is 16.5. The summed E-state index contributed by atoms with van der Waals surface area (Å²) in [6, 6.07) is 9.86. The van der Waals surface area contributed by atoms with Crippen molar-refractivity contribution in [3.05, 3.63) is 59.4 Å². The fourth-order valence-corrected chi connectivity index (χ4v) is 3.89. The first-order valence-corrected chi connectivity index (χ1v) is 8.66. The van der Waals surface area contributed by atoms with Crippen LogP contribution in [0.15, 0.2) is 48.0 Å². The second-order valence-corrected chi connectivity index (χ2v) is 6.49. The standard InChI is InChI=1S/C16H13ClN6S/c1-10-12(14(17)23(22-10)11-5-3-2-4-6-11)7-24-16-13-15(19-8-18-13)20-9-21-16/h2-6,8-9H,7H2,1H3,(H,18,19,20,21). The molecule has 0 aliphatic heterocycles. The van der Waals surface area contributed by atoms with Gasteiger partial charge in [0.1, 0.15) is 22.0 Å². The number of H-pyrrole nitrogens is 1. The zero-order valence-electron chi connectivity index (χ0n) is 12.8. The molecule has 6 nitrogen and oxygen atoms in total. The van der Waals surface area contributed by atoms with Gasteiger partial charge in [-0.2, -0.15) is 5.10 Å². The Kier molecular flexibility index (Phi) is 3.95. The number of nitrogens with one attached hydrogen (secondary N) is 1. The zero-order valence-corrected chi connectivity index (χ0v) is 14.3. The van der Waals surface area contributed by atoms with Crippen molar-refractivity contribution >= 4 is 34.5 Å². The number of nitrogens with zero attached hydrogens (tertiary/aromatic N) is 5. The normalized spacial score (nSPS) is 11.2. The molecule has 1 N–H and O–H groups in total. The number of para-hydroxylation sites is 1. The number of benzene rings is 1. The molecule has 8 heteroatoms. The van der Waals surface area contributed by atoms with Crippen molar-refractivity contribution in [2.24, 2.45) is 0 Å². The maximum atomic E-state index is 6.56. The van der Waals surface area contributed by atoms with Gasteiger partial charge in [0.25, 0.3) is 0 Å². The summed E-state index contributed by atoms with van der Waals surface area (Å²) < 4.78 is 1.76. The minimum atomic E-state index is 0.626. The minimum absolute atomic E-state index is 0.626. The van der Waals surface area contributed by atoms with Gasteiger partial charge in [-0.25, -0.2) is 19.6 Å². The van der Waals surface area contributed by atoms with Gasteiger partial charge in [-0.3, -0.25) is 0 Å². The number of aromatic amines is 1. The molecule has 4 aromatic rings. The highest BCUT2D eigenvalue weighted by Crippen LogP contribution is 2.31. The predicted octanol–water partition coefficient (Wildman–Crippen LogP) is 3.79. The van der Waals surface area contributed by atoms with E-state index in [1.807, 2.05) is 37.3 Å². The van der Waals surface area contributed by atoms with Crippen LogP contribution < -0.4 is 0 Å². The Morgan fingerprint density at radius 3 is 2.83 bits per heavy atom. The van der Waals surface area contributed by atoms with Gasteiger partial charge in [0.05, 0.1) is 17.7 Å². The second-order valence-electron chi connectivity index (χ2n) is 5.17. The van der Waals surface area contributed by atoms with Gasteiger partial charge < -0.3 is 4.98 Å². The Morgan fingerprint density at radius 1 is 1.17 bits per heavy atom. The average molecular weight is 357 g/mol. The van der Waals surface area contributed by atoms with Gasteiger partial charge >= 0.3 is 0 Å². The van der Waals surface area contributed by atoms with Crippen LogP contribution in [0.5, 0.6) is 0 Å². The number of rotatable bonds is 4. The number of aryl methyl sites for hydroxylation is 1. The minimum Gasteiger partial charge on any atom is -0.341 e.